The molecule has 114 valence electrons. The number of ether oxygens (including phenoxy) is 2. The third-order valence-corrected chi connectivity index (χ3v) is 4.06. The fraction of sp³-hybridized carbons (Fsp3) is 0.353. The molecule has 2 atom stereocenters. The molecule has 3 rings (SSSR count). The van der Waals surface area contributed by atoms with Crippen LogP contribution in [0.1, 0.15) is 24.8 Å². The fourth-order valence-electron chi connectivity index (χ4n) is 3.14. The van der Waals surface area contributed by atoms with Crippen LogP contribution in [-0.2, 0) is 23.9 Å². The van der Waals surface area contributed by atoms with E-state index in [1.54, 1.807) is 6.92 Å². The summed E-state index contributed by atoms with van der Waals surface area (Å²) in [7, 11) is 0. The lowest BCUT2D eigenvalue weighted by Crippen LogP contribution is -2.37. The molecule has 5 heteroatoms. The zero-order chi connectivity index (χ0) is 15.7. The minimum absolute atomic E-state index is 0.0773. The van der Waals surface area contributed by atoms with E-state index in [1.165, 1.54) is 0 Å². The van der Waals surface area contributed by atoms with Crippen molar-refractivity contribution in [3.8, 4) is 0 Å². The summed E-state index contributed by atoms with van der Waals surface area (Å²) < 4.78 is 10.1. The quantitative estimate of drug-likeness (QED) is 0.628. The van der Waals surface area contributed by atoms with E-state index in [4.69, 9.17) is 9.47 Å². The molecule has 1 heterocycles. The standard InChI is InChI=1S/C17H16O5/c1-2-21-17(20)15-12(18)8-11-9-22-16(19)14(11)13(15)10-6-4-3-5-7-10/h3-7,13,15H,2,8-9H2,1H3. The van der Waals surface area contributed by atoms with Crippen molar-refractivity contribution in [1.82, 2.24) is 0 Å². The average molecular weight is 300 g/mol. The molecule has 2 aliphatic rings. The molecule has 0 amide bonds. The molecule has 1 aromatic rings. The first-order valence-corrected chi connectivity index (χ1v) is 7.26. The number of ketones is 1. The number of hydrogen-bond acceptors (Lipinski definition) is 5. The average Bonchev–Trinajstić information content (AvgIpc) is 2.88. The summed E-state index contributed by atoms with van der Waals surface area (Å²) in [5.41, 5.74) is 1.88. The minimum atomic E-state index is -0.980. The Morgan fingerprint density at radius 2 is 2.00 bits per heavy atom. The van der Waals surface area contributed by atoms with Crippen molar-refractivity contribution in [2.45, 2.75) is 19.3 Å². The van der Waals surface area contributed by atoms with Gasteiger partial charge in [-0.15, -0.1) is 0 Å². The van der Waals surface area contributed by atoms with Crippen LogP contribution in [0.25, 0.3) is 0 Å². The van der Waals surface area contributed by atoms with E-state index < -0.39 is 23.8 Å². The summed E-state index contributed by atoms with van der Waals surface area (Å²) in [5, 5.41) is 0. The highest BCUT2D eigenvalue weighted by molar-refractivity contribution is 6.07. The molecule has 0 saturated heterocycles. The van der Waals surface area contributed by atoms with Crippen molar-refractivity contribution >= 4 is 17.7 Å². The van der Waals surface area contributed by atoms with Crippen molar-refractivity contribution in [2.24, 2.45) is 5.92 Å². The fourth-order valence-corrected chi connectivity index (χ4v) is 3.14. The minimum Gasteiger partial charge on any atom is -0.465 e. The van der Waals surface area contributed by atoms with Gasteiger partial charge in [0.2, 0.25) is 0 Å². The first kappa shape index (κ1) is 14.5. The molecule has 1 aliphatic carbocycles. The monoisotopic (exact) mass is 300 g/mol. The molecule has 22 heavy (non-hydrogen) atoms. The Morgan fingerprint density at radius 1 is 1.27 bits per heavy atom. The zero-order valence-corrected chi connectivity index (χ0v) is 12.2. The number of cyclic esters (lactones) is 1. The van der Waals surface area contributed by atoms with Gasteiger partial charge in [-0.1, -0.05) is 30.3 Å². The highest BCUT2D eigenvalue weighted by Crippen LogP contribution is 2.43. The van der Waals surface area contributed by atoms with Crippen molar-refractivity contribution in [3.63, 3.8) is 0 Å². The summed E-state index contributed by atoms with van der Waals surface area (Å²) in [6.07, 6.45) is 0.0773. The largest absolute Gasteiger partial charge is 0.465 e. The summed E-state index contributed by atoms with van der Waals surface area (Å²) in [5.74, 6) is -2.83. The van der Waals surface area contributed by atoms with Crippen LogP contribution in [0.3, 0.4) is 0 Å². The lowest BCUT2D eigenvalue weighted by atomic mass is 9.71. The van der Waals surface area contributed by atoms with E-state index in [0.29, 0.717) is 11.1 Å². The number of hydrogen-bond donors (Lipinski definition) is 0. The van der Waals surface area contributed by atoms with Crippen molar-refractivity contribution in [3.05, 3.63) is 47.0 Å². The van der Waals surface area contributed by atoms with Gasteiger partial charge in [0.25, 0.3) is 0 Å². The molecule has 5 nitrogen and oxygen atoms in total. The van der Waals surface area contributed by atoms with E-state index >= 15 is 0 Å². The number of Topliss-reactive ketones (excluding diaryl/α,β-unsaturated/α-hetero) is 1. The third kappa shape index (κ3) is 2.32. The summed E-state index contributed by atoms with van der Waals surface area (Å²) in [4.78, 5) is 36.8. The molecule has 0 radical (unpaired) electrons. The lowest BCUT2D eigenvalue weighted by molar-refractivity contribution is -0.152. The van der Waals surface area contributed by atoms with Gasteiger partial charge in [0.1, 0.15) is 12.5 Å². The molecule has 0 bridgehead atoms. The van der Waals surface area contributed by atoms with Crippen molar-refractivity contribution in [1.29, 1.82) is 0 Å². The SMILES string of the molecule is CCOC(=O)C1C(=O)CC2=C(C(=O)OC2)C1c1ccccc1. The first-order chi connectivity index (χ1) is 10.6. The number of benzene rings is 1. The molecular formula is C17H16O5. The van der Waals surface area contributed by atoms with E-state index in [-0.39, 0.29) is 25.4 Å². The van der Waals surface area contributed by atoms with Crippen LogP contribution in [0.5, 0.6) is 0 Å². The van der Waals surface area contributed by atoms with Crippen LogP contribution in [-0.4, -0.2) is 30.9 Å². The topological polar surface area (TPSA) is 69.7 Å². The first-order valence-electron chi connectivity index (χ1n) is 7.26. The highest BCUT2D eigenvalue weighted by Gasteiger charge is 2.48. The van der Waals surface area contributed by atoms with Gasteiger partial charge in [-0.3, -0.25) is 9.59 Å². The van der Waals surface area contributed by atoms with E-state index in [1.807, 2.05) is 30.3 Å². The predicted octanol–water partition coefficient (Wildman–Crippen LogP) is 1.78. The Kier molecular flexibility index (Phi) is 3.79. The number of rotatable bonds is 3. The van der Waals surface area contributed by atoms with Gasteiger partial charge in [-0.25, -0.2) is 4.79 Å². The van der Waals surface area contributed by atoms with Crippen LogP contribution in [0, 0.1) is 5.92 Å². The number of esters is 2. The van der Waals surface area contributed by atoms with Gasteiger partial charge in [0.05, 0.1) is 6.61 Å². The molecule has 0 aromatic heterocycles. The van der Waals surface area contributed by atoms with Gasteiger partial charge in [0, 0.05) is 17.9 Å². The smallest absolute Gasteiger partial charge is 0.335 e. The number of carbonyl (C=O) groups excluding carboxylic acids is 3. The molecule has 1 aliphatic heterocycles. The van der Waals surface area contributed by atoms with Gasteiger partial charge in [0.15, 0.2) is 5.78 Å². The summed E-state index contributed by atoms with van der Waals surface area (Å²) in [6, 6.07) is 9.10. The molecule has 0 N–H and O–H groups in total. The van der Waals surface area contributed by atoms with Crippen LogP contribution in [0.15, 0.2) is 41.5 Å². The van der Waals surface area contributed by atoms with E-state index in [2.05, 4.69) is 0 Å². The normalized spacial score (nSPS) is 24.0. The van der Waals surface area contributed by atoms with Crippen LogP contribution < -0.4 is 0 Å². The van der Waals surface area contributed by atoms with E-state index in [9.17, 15) is 14.4 Å². The Balaban J connectivity index is 2.10. The lowest BCUT2D eigenvalue weighted by Gasteiger charge is -2.29. The van der Waals surface area contributed by atoms with Gasteiger partial charge < -0.3 is 9.47 Å². The maximum atomic E-state index is 12.4. The Morgan fingerprint density at radius 3 is 2.68 bits per heavy atom. The number of carbonyl (C=O) groups is 3. The Hall–Kier alpha value is -2.43. The van der Waals surface area contributed by atoms with Crippen LogP contribution in [0.2, 0.25) is 0 Å². The highest BCUT2D eigenvalue weighted by atomic mass is 16.5. The van der Waals surface area contributed by atoms with Gasteiger partial charge in [-0.05, 0) is 18.1 Å². The van der Waals surface area contributed by atoms with Crippen LogP contribution in [0.4, 0.5) is 0 Å². The molecule has 2 unspecified atom stereocenters. The van der Waals surface area contributed by atoms with Gasteiger partial charge in [-0.2, -0.15) is 0 Å². The van der Waals surface area contributed by atoms with Gasteiger partial charge >= 0.3 is 11.9 Å². The van der Waals surface area contributed by atoms with Crippen LogP contribution >= 0.6 is 0 Å². The van der Waals surface area contributed by atoms with Crippen molar-refractivity contribution in [2.75, 3.05) is 13.2 Å². The second-order valence-corrected chi connectivity index (χ2v) is 5.35. The maximum absolute atomic E-state index is 12.4. The Labute approximate surface area is 127 Å². The third-order valence-electron chi connectivity index (χ3n) is 4.06. The van der Waals surface area contributed by atoms with E-state index in [0.717, 1.165) is 5.56 Å². The zero-order valence-electron chi connectivity index (χ0n) is 12.2. The Bertz CT molecular complexity index is 659. The molecule has 0 fully saturated rings. The van der Waals surface area contributed by atoms with Crippen molar-refractivity contribution < 1.29 is 23.9 Å². The maximum Gasteiger partial charge on any atom is 0.335 e. The molecule has 0 spiro atoms. The second-order valence-electron chi connectivity index (χ2n) is 5.35. The summed E-state index contributed by atoms with van der Waals surface area (Å²) in [6.45, 7) is 2.02. The molecule has 1 aromatic carbocycles. The summed E-state index contributed by atoms with van der Waals surface area (Å²) >= 11 is 0. The molecule has 0 saturated carbocycles. The second kappa shape index (κ2) is 5.75. The molecular weight excluding hydrogens is 284 g/mol. The predicted molar refractivity (Wildman–Crippen MR) is 76.9 cm³/mol.